The molecule has 0 unspecified atom stereocenters. The third-order valence-electron chi connectivity index (χ3n) is 1.36. The second kappa shape index (κ2) is 6.23. The summed E-state index contributed by atoms with van der Waals surface area (Å²) >= 11 is 0. The zero-order chi connectivity index (χ0) is 10.3. The largest absolute Gasteiger partial charge is 0.508 e. The number of hydrogen-bond donors (Lipinski definition) is 1. The van der Waals surface area contributed by atoms with Gasteiger partial charge in [-0.3, -0.25) is 0 Å². The molecule has 0 bridgehead atoms. The summed E-state index contributed by atoms with van der Waals surface area (Å²) in [6, 6.07) is 3.94. The minimum Gasteiger partial charge on any atom is -0.508 e. The van der Waals surface area contributed by atoms with Crippen molar-refractivity contribution in [3.63, 3.8) is 0 Å². The summed E-state index contributed by atoms with van der Waals surface area (Å²) in [4.78, 5) is 0. The Morgan fingerprint density at radius 1 is 1.15 bits per heavy atom. The first kappa shape index (κ1) is 11.7. The molecule has 0 aliphatic carbocycles. The molecule has 0 aromatic heterocycles. The first-order chi connectivity index (χ1) is 6.10. The van der Waals surface area contributed by atoms with Gasteiger partial charge in [0.15, 0.2) is 0 Å². The number of halogens is 1. The lowest BCUT2D eigenvalue weighted by Crippen LogP contribution is -1.75. The number of aryl methyl sites for hydroxylation is 1. The molecular formula is C11H15FO. The Labute approximate surface area is 78.5 Å². The van der Waals surface area contributed by atoms with Crippen LogP contribution in [0.2, 0.25) is 0 Å². The Kier molecular flexibility index (Phi) is 5.60. The van der Waals surface area contributed by atoms with Gasteiger partial charge < -0.3 is 5.11 Å². The van der Waals surface area contributed by atoms with Crippen LogP contribution in [-0.4, -0.2) is 5.11 Å². The van der Waals surface area contributed by atoms with E-state index in [2.05, 4.69) is 0 Å². The minimum atomic E-state index is -0.396. The highest BCUT2D eigenvalue weighted by atomic mass is 19.1. The van der Waals surface area contributed by atoms with Gasteiger partial charge in [-0.1, -0.05) is 12.2 Å². The molecule has 0 heterocycles. The molecule has 1 nitrogen and oxygen atoms in total. The predicted octanol–water partition coefficient (Wildman–Crippen LogP) is 3.42. The van der Waals surface area contributed by atoms with Crippen molar-refractivity contribution in [3.05, 3.63) is 41.7 Å². The molecule has 72 valence electrons. The van der Waals surface area contributed by atoms with Gasteiger partial charge in [-0.2, -0.15) is 0 Å². The molecule has 1 rings (SSSR count). The lowest BCUT2D eigenvalue weighted by atomic mass is 10.2. The highest BCUT2D eigenvalue weighted by Crippen LogP contribution is 2.12. The van der Waals surface area contributed by atoms with Crippen LogP contribution in [0, 0.1) is 12.7 Å². The molecule has 0 fully saturated rings. The summed E-state index contributed by atoms with van der Waals surface area (Å²) in [5.41, 5.74) is 0.729. The van der Waals surface area contributed by atoms with E-state index in [9.17, 15) is 4.39 Å². The Morgan fingerprint density at radius 3 is 2.00 bits per heavy atom. The van der Waals surface area contributed by atoms with E-state index in [1.54, 1.807) is 6.92 Å². The van der Waals surface area contributed by atoms with Crippen molar-refractivity contribution in [3.8, 4) is 5.75 Å². The van der Waals surface area contributed by atoms with E-state index in [4.69, 9.17) is 5.11 Å². The normalized spacial score (nSPS) is 9.54. The predicted molar refractivity (Wildman–Crippen MR) is 53.3 cm³/mol. The summed E-state index contributed by atoms with van der Waals surface area (Å²) in [6.07, 6.45) is 4.00. The Morgan fingerprint density at radius 2 is 1.69 bits per heavy atom. The minimum absolute atomic E-state index is 0.0208. The number of phenols is 1. The van der Waals surface area contributed by atoms with Crippen LogP contribution in [0.5, 0.6) is 5.75 Å². The Hall–Kier alpha value is -1.31. The van der Waals surface area contributed by atoms with Gasteiger partial charge in [0.05, 0.1) is 0 Å². The first-order valence-corrected chi connectivity index (χ1v) is 4.13. The maximum atomic E-state index is 12.3. The van der Waals surface area contributed by atoms with Crippen LogP contribution in [0.1, 0.15) is 19.4 Å². The topological polar surface area (TPSA) is 20.2 Å². The maximum absolute atomic E-state index is 12.3. The average molecular weight is 182 g/mol. The van der Waals surface area contributed by atoms with Crippen LogP contribution >= 0.6 is 0 Å². The zero-order valence-electron chi connectivity index (χ0n) is 8.21. The molecule has 0 aliphatic heterocycles. The number of allylic oxidation sites excluding steroid dienone is 2. The Bertz CT molecular complexity index is 225. The highest BCUT2D eigenvalue weighted by molar-refractivity contribution is 5.26. The SMILES string of the molecule is C/C=C\C.Cc1cc(O)cc(F)c1. The number of benzene rings is 1. The molecule has 2 heteroatoms. The molecule has 0 saturated carbocycles. The lowest BCUT2D eigenvalue weighted by molar-refractivity contribution is 0.468. The lowest BCUT2D eigenvalue weighted by Gasteiger charge is -1.93. The third kappa shape index (κ3) is 5.91. The van der Waals surface area contributed by atoms with Gasteiger partial charge in [0.1, 0.15) is 11.6 Å². The van der Waals surface area contributed by atoms with E-state index in [1.807, 2.05) is 26.0 Å². The highest BCUT2D eigenvalue weighted by Gasteiger charge is 1.92. The molecular weight excluding hydrogens is 167 g/mol. The molecule has 0 aliphatic rings. The maximum Gasteiger partial charge on any atom is 0.127 e. The van der Waals surface area contributed by atoms with Crippen LogP contribution in [0.3, 0.4) is 0 Å². The van der Waals surface area contributed by atoms with E-state index in [0.717, 1.165) is 11.6 Å². The average Bonchev–Trinajstić information content (AvgIpc) is 2.02. The smallest absolute Gasteiger partial charge is 0.127 e. The second-order valence-corrected chi connectivity index (χ2v) is 2.65. The summed E-state index contributed by atoms with van der Waals surface area (Å²) in [7, 11) is 0. The fourth-order valence-electron chi connectivity index (χ4n) is 0.717. The van der Waals surface area contributed by atoms with E-state index in [1.165, 1.54) is 12.1 Å². The quantitative estimate of drug-likeness (QED) is 0.609. The van der Waals surface area contributed by atoms with Crippen molar-refractivity contribution in [2.45, 2.75) is 20.8 Å². The van der Waals surface area contributed by atoms with Gasteiger partial charge in [-0.05, 0) is 38.5 Å². The van der Waals surface area contributed by atoms with Gasteiger partial charge in [0.25, 0.3) is 0 Å². The van der Waals surface area contributed by atoms with Gasteiger partial charge in [-0.15, -0.1) is 0 Å². The molecule has 0 atom stereocenters. The summed E-state index contributed by atoms with van der Waals surface area (Å²) in [5.74, 6) is -0.417. The number of aromatic hydroxyl groups is 1. The molecule has 1 aromatic carbocycles. The van der Waals surface area contributed by atoms with Crippen molar-refractivity contribution in [1.82, 2.24) is 0 Å². The zero-order valence-corrected chi connectivity index (χ0v) is 8.21. The molecule has 0 spiro atoms. The van der Waals surface area contributed by atoms with Crippen molar-refractivity contribution in [2.75, 3.05) is 0 Å². The Balaban J connectivity index is 0.000000310. The van der Waals surface area contributed by atoms with Crippen molar-refractivity contribution in [2.24, 2.45) is 0 Å². The molecule has 1 N–H and O–H groups in total. The van der Waals surface area contributed by atoms with Crippen LogP contribution in [0.4, 0.5) is 4.39 Å². The number of rotatable bonds is 0. The standard InChI is InChI=1S/C7H7FO.C4H8/c1-5-2-6(8)4-7(9)3-5;1-3-4-2/h2-4,9H,1H3;3-4H,1-2H3/b;4-3-. The summed E-state index contributed by atoms with van der Waals surface area (Å²) in [5, 5.41) is 8.75. The molecule has 13 heavy (non-hydrogen) atoms. The monoisotopic (exact) mass is 182 g/mol. The molecule has 0 amide bonds. The van der Waals surface area contributed by atoms with Crippen LogP contribution in [-0.2, 0) is 0 Å². The van der Waals surface area contributed by atoms with E-state index < -0.39 is 5.82 Å². The summed E-state index contributed by atoms with van der Waals surface area (Å²) in [6.45, 7) is 5.72. The van der Waals surface area contributed by atoms with E-state index >= 15 is 0 Å². The van der Waals surface area contributed by atoms with Crippen molar-refractivity contribution in [1.29, 1.82) is 0 Å². The fraction of sp³-hybridized carbons (Fsp3) is 0.273. The van der Waals surface area contributed by atoms with Crippen LogP contribution in [0.25, 0.3) is 0 Å². The van der Waals surface area contributed by atoms with Gasteiger partial charge in [0.2, 0.25) is 0 Å². The number of hydrogen-bond acceptors (Lipinski definition) is 1. The van der Waals surface area contributed by atoms with Crippen molar-refractivity contribution < 1.29 is 9.50 Å². The molecule has 0 saturated heterocycles. The van der Waals surface area contributed by atoms with E-state index in [0.29, 0.717) is 0 Å². The van der Waals surface area contributed by atoms with Crippen molar-refractivity contribution >= 4 is 0 Å². The van der Waals surface area contributed by atoms with Gasteiger partial charge >= 0.3 is 0 Å². The van der Waals surface area contributed by atoms with Gasteiger partial charge in [-0.25, -0.2) is 4.39 Å². The molecule has 1 aromatic rings. The summed E-state index contributed by atoms with van der Waals surface area (Å²) < 4.78 is 12.3. The fourth-order valence-corrected chi connectivity index (χ4v) is 0.717. The van der Waals surface area contributed by atoms with Crippen LogP contribution in [0.15, 0.2) is 30.4 Å². The van der Waals surface area contributed by atoms with Crippen LogP contribution < -0.4 is 0 Å². The number of phenolic OH excluding ortho intramolecular Hbond substituents is 1. The van der Waals surface area contributed by atoms with Gasteiger partial charge in [0, 0.05) is 6.07 Å². The van der Waals surface area contributed by atoms with E-state index in [-0.39, 0.29) is 5.75 Å². The third-order valence-corrected chi connectivity index (χ3v) is 1.36. The molecule has 0 radical (unpaired) electrons. The first-order valence-electron chi connectivity index (χ1n) is 4.13. The second-order valence-electron chi connectivity index (χ2n) is 2.65.